The number of alkyl halides is 3. The largest absolute Gasteiger partial charge is 0.420 e. The number of amides is 2. The van der Waals surface area contributed by atoms with Crippen LogP contribution in [0.1, 0.15) is 27.7 Å². The van der Waals surface area contributed by atoms with E-state index in [0.717, 1.165) is 23.1 Å². The predicted molar refractivity (Wildman–Crippen MR) is 121 cm³/mol. The molecule has 1 saturated heterocycles. The number of nitrogens with zero attached hydrogens (tertiary/aromatic N) is 5. The Morgan fingerprint density at radius 1 is 1.06 bits per heavy atom. The lowest BCUT2D eigenvalue weighted by Crippen LogP contribution is -2.48. The van der Waals surface area contributed by atoms with Gasteiger partial charge in [-0.25, -0.2) is 14.8 Å². The Hall–Kier alpha value is -3.44. The fourth-order valence-electron chi connectivity index (χ4n) is 4.11. The van der Waals surface area contributed by atoms with E-state index in [2.05, 4.69) is 14.9 Å². The normalized spacial score (nSPS) is 18.8. The predicted octanol–water partition coefficient (Wildman–Crippen LogP) is 4.35. The minimum atomic E-state index is -4.64. The van der Waals surface area contributed by atoms with Gasteiger partial charge in [-0.2, -0.15) is 13.2 Å². The number of rotatable bonds is 2. The molecule has 8 nitrogen and oxygen atoms in total. The van der Waals surface area contributed by atoms with Crippen molar-refractivity contribution in [3.05, 3.63) is 64.3 Å². The van der Waals surface area contributed by atoms with Crippen LogP contribution < -0.4 is 4.90 Å². The number of anilines is 1. The van der Waals surface area contributed by atoms with Gasteiger partial charge in [0.2, 0.25) is 6.23 Å². The van der Waals surface area contributed by atoms with Crippen LogP contribution in [0.3, 0.4) is 0 Å². The number of halogens is 4. The van der Waals surface area contributed by atoms with E-state index in [0.29, 0.717) is 31.6 Å². The quantitative estimate of drug-likeness (QED) is 0.482. The third kappa shape index (κ3) is 4.37. The summed E-state index contributed by atoms with van der Waals surface area (Å²) in [5.41, 5.74) is -0.808. The smallest absolute Gasteiger partial charge is 0.416 e. The van der Waals surface area contributed by atoms with E-state index >= 15 is 0 Å². The second-order valence-electron chi connectivity index (χ2n) is 8.35. The Morgan fingerprint density at radius 2 is 1.77 bits per heavy atom. The first-order chi connectivity index (χ1) is 16.6. The van der Waals surface area contributed by atoms with E-state index in [4.69, 9.17) is 16.3 Å². The summed E-state index contributed by atoms with van der Waals surface area (Å²) in [6.45, 7) is 2.14. The molecule has 2 aromatic heterocycles. The molecule has 0 bridgehead atoms. The van der Waals surface area contributed by atoms with Crippen LogP contribution in [0.25, 0.3) is 11.0 Å². The number of likely N-dealkylation sites (N-methyl/N-ethyl adjacent to an activating group) is 1. The third-order valence-electron chi connectivity index (χ3n) is 6.05. The molecule has 1 fully saturated rings. The number of ether oxygens (including phenoxy) is 1. The number of pyridine rings is 2. The first-order valence-electron chi connectivity index (χ1n) is 10.7. The van der Waals surface area contributed by atoms with Crippen LogP contribution in [-0.4, -0.2) is 65.0 Å². The molecule has 0 aliphatic carbocycles. The summed E-state index contributed by atoms with van der Waals surface area (Å²) in [6, 6.07) is 9.24. The molecule has 1 aromatic carbocycles. The maximum absolute atomic E-state index is 13.4. The Kier molecular flexibility index (Phi) is 5.76. The average molecular weight is 506 g/mol. The highest BCUT2D eigenvalue weighted by Gasteiger charge is 2.44. The zero-order chi connectivity index (χ0) is 24.9. The first kappa shape index (κ1) is 23.3. The average Bonchev–Trinajstić information content (AvgIpc) is 3.09. The Morgan fingerprint density at radius 3 is 2.49 bits per heavy atom. The topological polar surface area (TPSA) is 78.9 Å². The molecule has 0 radical (unpaired) electrons. The summed E-state index contributed by atoms with van der Waals surface area (Å²) in [4.78, 5) is 39.5. The number of aromatic nitrogens is 2. The SMILES string of the molecule is CN1CCN(C(=O)OC2c3ccc(C(F)(F)F)cc3C(=O)N2c2ccc3ccc(Cl)nc3n2)CC1. The monoisotopic (exact) mass is 505 g/mol. The van der Waals surface area contributed by atoms with Gasteiger partial charge in [0.15, 0.2) is 5.65 Å². The van der Waals surface area contributed by atoms with Gasteiger partial charge in [0.25, 0.3) is 5.91 Å². The van der Waals surface area contributed by atoms with E-state index in [1.165, 1.54) is 11.0 Å². The van der Waals surface area contributed by atoms with Crippen molar-refractivity contribution in [2.75, 3.05) is 38.1 Å². The molecule has 2 aliphatic heterocycles. The molecule has 2 amide bonds. The summed E-state index contributed by atoms with van der Waals surface area (Å²) < 4.78 is 45.7. The first-order valence-corrected chi connectivity index (χ1v) is 11.1. The third-order valence-corrected chi connectivity index (χ3v) is 6.27. The van der Waals surface area contributed by atoms with Gasteiger partial charge in [-0.3, -0.25) is 9.69 Å². The zero-order valence-corrected chi connectivity index (χ0v) is 19.2. The van der Waals surface area contributed by atoms with Crippen molar-refractivity contribution in [3.8, 4) is 0 Å². The molecule has 1 atom stereocenters. The number of benzene rings is 1. The summed E-state index contributed by atoms with van der Waals surface area (Å²) in [5.74, 6) is -0.700. The van der Waals surface area contributed by atoms with E-state index in [1.807, 2.05) is 7.05 Å². The van der Waals surface area contributed by atoms with Gasteiger partial charge >= 0.3 is 12.3 Å². The fraction of sp³-hybridized carbons (Fsp3) is 0.304. The lowest BCUT2D eigenvalue weighted by molar-refractivity contribution is -0.137. The maximum atomic E-state index is 13.4. The van der Waals surface area contributed by atoms with Gasteiger partial charge in [0, 0.05) is 42.7 Å². The van der Waals surface area contributed by atoms with Gasteiger partial charge in [-0.15, -0.1) is 0 Å². The van der Waals surface area contributed by atoms with Crippen LogP contribution in [0.15, 0.2) is 42.5 Å². The van der Waals surface area contributed by atoms with Gasteiger partial charge in [-0.1, -0.05) is 17.7 Å². The van der Waals surface area contributed by atoms with Crippen LogP contribution >= 0.6 is 11.6 Å². The molecule has 182 valence electrons. The Bertz CT molecular complexity index is 1330. The van der Waals surface area contributed by atoms with Crippen molar-refractivity contribution >= 4 is 40.5 Å². The molecular formula is C23H19ClF3N5O3. The van der Waals surface area contributed by atoms with Crippen LogP contribution in [0.5, 0.6) is 0 Å². The van der Waals surface area contributed by atoms with Gasteiger partial charge in [-0.05, 0) is 43.4 Å². The maximum Gasteiger partial charge on any atom is 0.416 e. The van der Waals surface area contributed by atoms with Crippen molar-refractivity contribution in [1.29, 1.82) is 0 Å². The highest BCUT2D eigenvalue weighted by atomic mass is 35.5. The second kappa shape index (κ2) is 8.65. The molecule has 12 heteroatoms. The number of hydrogen-bond acceptors (Lipinski definition) is 6. The molecule has 4 heterocycles. The highest BCUT2D eigenvalue weighted by Crippen LogP contribution is 2.41. The molecule has 0 N–H and O–H groups in total. The molecule has 1 unspecified atom stereocenters. The number of carbonyl (C=O) groups is 2. The van der Waals surface area contributed by atoms with E-state index in [-0.39, 0.29) is 27.7 Å². The van der Waals surface area contributed by atoms with Crippen molar-refractivity contribution in [2.45, 2.75) is 12.4 Å². The zero-order valence-electron chi connectivity index (χ0n) is 18.4. The second-order valence-corrected chi connectivity index (χ2v) is 8.74. The minimum absolute atomic E-state index is 0.0678. The van der Waals surface area contributed by atoms with Crippen molar-refractivity contribution < 1.29 is 27.5 Å². The Balaban J connectivity index is 1.55. The van der Waals surface area contributed by atoms with E-state index in [1.54, 1.807) is 18.2 Å². The number of fused-ring (bicyclic) bond motifs is 2. The Labute approximate surface area is 202 Å². The summed E-state index contributed by atoms with van der Waals surface area (Å²) in [6.07, 6.45) is -6.61. The molecule has 2 aliphatic rings. The van der Waals surface area contributed by atoms with E-state index < -0.39 is 30.0 Å². The number of carbonyl (C=O) groups excluding carboxylic acids is 2. The summed E-state index contributed by atoms with van der Waals surface area (Å²) >= 11 is 5.97. The van der Waals surface area contributed by atoms with Crippen LogP contribution in [0, 0.1) is 0 Å². The van der Waals surface area contributed by atoms with Crippen molar-refractivity contribution in [3.63, 3.8) is 0 Å². The highest BCUT2D eigenvalue weighted by molar-refractivity contribution is 6.29. The van der Waals surface area contributed by atoms with Gasteiger partial charge in [0.05, 0.1) is 5.56 Å². The van der Waals surface area contributed by atoms with Crippen LogP contribution in [0.4, 0.5) is 23.8 Å². The van der Waals surface area contributed by atoms with Crippen molar-refractivity contribution in [2.24, 2.45) is 0 Å². The molecule has 3 aromatic rings. The van der Waals surface area contributed by atoms with Gasteiger partial charge in [0.1, 0.15) is 11.0 Å². The number of hydrogen-bond donors (Lipinski definition) is 0. The van der Waals surface area contributed by atoms with E-state index in [9.17, 15) is 22.8 Å². The van der Waals surface area contributed by atoms with Gasteiger partial charge < -0.3 is 14.5 Å². The van der Waals surface area contributed by atoms with Crippen molar-refractivity contribution in [1.82, 2.24) is 19.8 Å². The lowest BCUT2D eigenvalue weighted by Gasteiger charge is -2.33. The van der Waals surface area contributed by atoms with Crippen LogP contribution in [-0.2, 0) is 10.9 Å². The fourth-order valence-corrected chi connectivity index (χ4v) is 4.25. The molecule has 0 saturated carbocycles. The molecule has 5 rings (SSSR count). The van der Waals surface area contributed by atoms with Crippen LogP contribution in [0.2, 0.25) is 5.15 Å². The summed E-state index contributed by atoms with van der Waals surface area (Å²) in [5, 5.41) is 0.832. The summed E-state index contributed by atoms with van der Waals surface area (Å²) in [7, 11) is 1.93. The minimum Gasteiger partial charge on any atom is -0.420 e. The molecule has 0 spiro atoms. The number of piperazine rings is 1. The lowest BCUT2D eigenvalue weighted by atomic mass is 10.1. The molecular weight excluding hydrogens is 487 g/mol. The standard InChI is InChI=1S/C23H19ClF3N5O3/c1-30-8-10-31(11-9-30)22(34)35-21-15-5-4-14(23(25,26)27)12-16(15)20(33)32(21)18-7-3-13-2-6-17(24)28-19(13)29-18/h2-7,12,21H,8-11H2,1H3. The molecule has 35 heavy (non-hydrogen) atoms.